The SMILES string of the molecule is NC(=O)CN(CC(=O)CNC(CN1CCCC1)c1ccc(-c2cccc(C(N)=O)c2)cc1)c1ccc(Cl)c(Cl)c1. The van der Waals surface area contributed by atoms with E-state index in [0.717, 1.165) is 49.2 Å². The number of anilines is 1. The molecule has 1 unspecified atom stereocenters. The third kappa shape index (κ3) is 8.05. The summed E-state index contributed by atoms with van der Waals surface area (Å²) in [4.78, 5) is 40.4. The van der Waals surface area contributed by atoms with E-state index in [9.17, 15) is 14.4 Å². The summed E-state index contributed by atoms with van der Waals surface area (Å²) < 4.78 is 0. The summed E-state index contributed by atoms with van der Waals surface area (Å²) >= 11 is 12.2. The third-order valence-corrected chi connectivity index (χ3v) is 7.70. The predicted molar refractivity (Wildman–Crippen MR) is 160 cm³/mol. The number of primary amides is 2. The van der Waals surface area contributed by atoms with E-state index in [1.807, 2.05) is 36.4 Å². The Morgan fingerprint density at radius 2 is 1.60 bits per heavy atom. The van der Waals surface area contributed by atoms with Crippen molar-refractivity contribution in [2.45, 2.75) is 18.9 Å². The normalized spacial score (nSPS) is 14.2. The lowest BCUT2D eigenvalue weighted by Crippen LogP contribution is -2.42. The van der Waals surface area contributed by atoms with Crippen LogP contribution in [0.4, 0.5) is 5.69 Å². The van der Waals surface area contributed by atoms with Crippen molar-refractivity contribution in [2.75, 3.05) is 44.2 Å². The molecule has 1 atom stereocenters. The molecule has 1 aliphatic rings. The molecule has 3 aromatic carbocycles. The number of carbonyl (C=O) groups excluding carboxylic acids is 3. The van der Waals surface area contributed by atoms with Crippen LogP contribution in [0.5, 0.6) is 0 Å². The highest BCUT2D eigenvalue weighted by atomic mass is 35.5. The second-order valence-corrected chi connectivity index (χ2v) is 10.8. The second-order valence-electron chi connectivity index (χ2n) is 9.97. The van der Waals surface area contributed by atoms with E-state index in [1.54, 1.807) is 35.2 Å². The number of hydrogen-bond donors (Lipinski definition) is 3. The average molecular weight is 583 g/mol. The number of hydrogen-bond acceptors (Lipinski definition) is 6. The van der Waals surface area contributed by atoms with Gasteiger partial charge in [0.15, 0.2) is 5.78 Å². The molecule has 0 spiro atoms. The van der Waals surface area contributed by atoms with Gasteiger partial charge in [0.1, 0.15) is 0 Å². The van der Waals surface area contributed by atoms with Crippen molar-refractivity contribution in [1.82, 2.24) is 10.2 Å². The van der Waals surface area contributed by atoms with E-state index < -0.39 is 11.8 Å². The van der Waals surface area contributed by atoms with Crippen LogP contribution in [0.15, 0.2) is 66.7 Å². The van der Waals surface area contributed by atoms with E-state index in [-0.39, 0.29) is 31.5 Å². The number of carbonyl (C=O) groups is 3. The molecule has 5 N–H and O–H groups in total. The minimum absolute atomic E-state index is 0.0144. The maximum Gasteiger partial charge on any atom is 0.248 e. The number of amides is 2. The van der Waals surface area contributed by atoms with Gasteiger partial charge in [0.25, 0.3) is 0 Å². The van der Waals surface area contributed by atoms with Gasteiger partial charge in [-0.05, 0) is 73.0 Å². The zero-order valence-electron chi connectivity index (χ0n) is 22.1. The first kappa shape index (κ1) is 29.6. The molecule has 3 aromatic rings. The Morgan fingerprint density at radius 3 is 2.25 bits per heavy atom. The Labute approximate surface area is 244 Å². The fraction of sp³-hybridized carbons (Fsp3) is 0.300. The molecule has 0 radical (unpaired) electrons. The van der Waals surface area contributed by atoms with Gasteiger partial charge < -0.3 is 26.6 Å². The fourth-order valence-corrected chi connectivity index (χ4v) is 5.18. The summed E-state index contributed by atoms with van der Waals surface area (Å²) in [5.74, 6) is -1.12. The zero-order valence-corrected chi connectivity index (χ0v) is 23.6. The smallest absolute Gasteiger partial charge is 0.248 e. The molecular weight excluding hydrogens is 549 g/mol. The molecule has 4 rings (SSSR count). The molecule has 1 fully saturated rings. The first-order valence-corrected chi connectivity index (χ1v) is 13.9. The molecule has 1 heterocycles. The Morgan fingerprint density at radius 1 is 0.875 bits per heavy atom. The first-order chi connectivity index (χ1) is 19.2. The molecule has 0 saturated carbocycles. The van der Waals surface area contributed by atoms with Crippen molar-refractivity contribution < 1.29 is 14.4 Å². The van der Waals surface area contributed by atoms with Gasteiger partial charge in [-0.2, -0.15) is 0 Å². The Bertz CT molecular complexity index is 1360. The summed E-state index contributed by atoms with van der Waals surface area (Å²) in [6, 6.07) is 20.2. The Kier molecular flexibility index (Phi) is 10.2. The van der Waals surface area contributed by atoms with Crippen LogP contribution in [0.3, 0.4) is 0 Å². The van der Waals surface area contributed by atoms with Crippen molar-refractivity contribution in [3.63, 3.8) is 0 Å². The van der Waals surface area contributed by atoms with E-state index >= 15 is 0 Å². The number of halogens is 2. The number of rotatable bonds is 13. The lowest BCUT2D eigenvalue weighted by Gasteiger charge is -2.26. The van der Waals surface area contributed by atoms with Gasteiger partial charge in [0.05, 0.1) is 29.7 Å². The fourth-order valence-electron chi connectivity index (χ4n) is 4.89. The van der Waals surface area contributed by atoms with Gasteiger partial charge in [-0.15, -0.1) is 0 Å². The topological polar surface area (TPSA) is 122 Å². The largest absolute Gasteiger partial charge is 0.368 e. The summed E-state index contributed by atoms with van der Waals surface area (Å²) in [6.45, 7) is 2.78. The summed E-state index contributed by atoms with van der Waals surface area (Å²) in [5.41, 5.74) is 14.9. The van der Waals surface area contributed by atoms with Gasteiger partial charge in [-0.3, -0.25) is 14.4 Å². The highest BCUT2D eigenvalue weighted by Crippen LogP contribution is 2.27. The van der Waals surface area contributed by atoms with Crippen LogP contribution in [-0.4, -0.2) is 61.8 Å². The first-order valence-electron chi connectivity index (χ1n) is 13.2. The number of nitrogens with zero attached hydrogens (tertiary/aromatic N) is 2. The van der Waals surface area contributed by atoms with Crippen LogP contribution in [0.25, 0.3) is 11.1 Å². The van der Waals surface area contributed by atoms with Crippen molar-refractivity contribution in [2.24, 2.45) is 11.5 Å². The highest BCUT2D eigenvalue weighted by molar-refractivity contribution is 6.42. The summed E-state index contributed by atoms with van der Waals surface area (Å²) in [6.07, 6.45) is 2.32. The van der Waals surface area contributed by atoms with Crippen LogP contribution in [0.1, 0.15) is 34.8 Å². The van der Waals surface area contributed by atoms with Crippen LogP contribution in [-0.2, 0) is 9.59 Å². The lowest BCUT2D eigenvalue weighted by atomic mass is 9.99. The molecule has 0 aromatic heterocycles. The number of nitrogens with one attached hydrogen (secondary N) is 1. The number of ketones is 1. The molecule has 0 aliphatic carbocycles. The lowest BCUT2D eigenvalue weighted by molar-refractivity contribution is -0.117. The Hall–Kier alpha value is -3.43. The van der Waals surface area contributed by atoms with Crippen LogP contribution in [0.2, 0.25) is 10.0 Å². The minimum atomic E-state index is -0.555. The van der Waals surface area contributed by atoms with Crippen molar-refractivity contribution in [3.05, 3.63) is 87.9 Å². The van der Waals surface area contributed by atoms with Crippen molar-refractivity contribution >= 4 is 46.5 Å². The molecule has 8 nitrogen and oxygen atoms in total. The zero-order chi connectivity index (χ0) is 28.6. The molecule has 1 saturated heterocycles. The van der Waals surface area contributed by atoms with E-state index in [4.69, 9.17) is 34.7 Å². The molecule has 2 amide bonds. The standard InChI is InChI=1S/C30H33Cl2N5O3/c31-26-11-10-24(15-27(26)32)37(19-29(33)39)17-25(38)16-35-28(18-36-12-1-2-13-36)21-8-6-20(7-9-21)22-4-3-5-23(14-22)30(34)40/h3-11,14-15,28,35H,1-2,12-13,16-19H2,(H2,33,39)(H2,34,40). The quantitative estimate of drug-likeness (QED) is 0.280. The second kappa shape index (κ2) is 13.8. The summed E-state index contributed by atoms with van der Waals surface area (Å²) in [7, 11) is 0. The molecule has 0 bridgehead atoms. The number of Topliss-reactive ketones (excluding diaryl/α,β-unsaturated/α-hetero) is 1. The van der Waals surface area contributed by atoms with Gasteiger partial charge in [-0.1, -0.05) is 59.6 Å². The van der Waals surface area contributed by atoms with Crippen molar-refractivity contribution in [3.8, 4) is 11.1 Å². The maximum atomic E-state index is 13.1. The van der Waals surface area contributed by atoms with Crippen molar-refractivity contribution in [1.29, 1.82) is 0 Å². The van der Waals surface area contributed by atoms with Gasteiger partial charge in [0, 0.05) is 23.8 Å². The third-order valence-electron chi connectivity index (χ3n) is 6.96. The number of likely N-dealkylation sites (tertiary alicyclic amines) is 1. The van der Waals surface area contributed by atoms with Gasteiger partial charge in [-0.25, -0.2) is 0 Å². The van der Waals surface area contributed by atoms with E-state index in [2.05, 4.69) is 10.2 Å². The molecule has 10 heteroatoms. The Balaban J connectivity index is 1.47. The molecule has 40 heavy (non-hydrogen) atoms. The predicted octanol–water partition coefficient (Wildman–Crippen LogP) is 4.05. The molecule has 1 aliphatic heterocycles. The molecular formula is C30H33Cl2N5O3. The van der Waals surface area contributed by atoms with Gasteiger partial charge >= 0.3 is 0 Å². The number of nitrogens with two attached hydrogens (primary N) is 2. The monoisotopic (exact) mass is 581 g/mol. The maximum absolute atomic E-state index is 13.1. The summed E-state index contributed by atoms with van der Waals surface area (Å²) in [5, 5.41) is 4.15. The molecule has 210 valence electrons. The van der Waals surface area contributed by atoms with Gasteiger partial charge in [0.2, 0.25) is 11.8 Å². The highest BCUT2D eigenvalue weighted by Gasteiger charge is 2.21. The van der Waals surface area contributed by atoms with E-state index in [0.29, 0.717) is 21.3 Å². The van der Waals surface area contributed by atoms with Crippen LogP contribution < -0.4 is 21.7 Å². The van der Waals surface area contributed by atoms with E-state index in [1.165, 1.54) is 0 Å². The average Bonchev–Trinajstić information content (AvgIpc) is 3.45. The number of benzene rings is 3. The van der Waals surface area contributed by atoms with Crippen LogP contribution >= 0.6 is 23.2 Å². The minimum Gasteiger partial charge on any atom is -0.368 e. The van der Waals surface area contributed by atoms with Crippen LogP contribution in [0, 0.1) is 0 Å².